The van der Waals surface area contributed by atoms with E-state index in [1.165, 1.54) is 6.92 Å². The molecule has 0 fully saturated rings. The first-order chi connectivity index (χ1) is 4.04. The summed E-state index contributed by atoms with van der Waals surface area (Å²) in [6.45, 7) is 1.96. The maximum Gasteiger partial charge on any atom is 0.352 e. The van der Waals surface area contributed by atoms with E-state index in [4.69, 9.17) is 5.11 Å². The Balaban J connectivity index is 3.65. The first-order valence-corrected chi connectivity index (χ1v) is 2.22. The molecule has 4 heteroatoms. The molecule has 0 heterocycles. The Morgan fingerprint density at radius 1 is 1.89 bits per heavy atom. The van der Waals surface area contributed by atoms with Crippen LogP contribution in [0.15, 0.2) is 12.2 Å². The molecule has 0 aromatic rings. The smallest absolute Gasteiger partial charge is 0.352 e. The van der Waals surface area contributed by atoms with Crippen molar-refractivity contribution >= 4 is 5.97 Å². The van der Waals surface area contributed by atoms with Gasteiger partial charge in [0.15, 0.2) is 0 Å². The fourth-order valence-electron chi connectivity index (χ4n) is 0.189. The molecule has 0 amide bonds. The van der Waals surface area contributed by atoms with Gasteiger partial charge in [-0.25, -0.2) is 4.79 Å². The minimum Gasteiger partial charge on any atom is -0.403 e. The van der Waals surface area contributed by atoms with Gasteiger partial charge in [-0.1, -0.05) is 6.58 Å². The van der Waals surface area contributed by atoms with Crippen molar-refractivity contribution in [2.24, 2.45) is 0 Å². The minimum atomic E-state index is -2.55. The van der Waals surface area contributed by atoms with Crippen molar-refractivity contribution < 1.29 is 19.0 Å². The summed E-state index contributed by atoms with van der Waals surface area (Å²) in [5.41, 5.74) is 0.0479. The molecule has 1 unspecified atom stereocenters. The Bertz CT molecular complexity index is 130. The fraction of sp³-hybridized carbons (Fsp3) is 0.400. The van der Waals surface area contributed by atoms with Crippen molar-refractivity contribution in [3.63, 3.8) is 0 Å². The van der Waals surface area contributed by atoms with E-state index in [0.29, 0.717) is 0 Å². The molecule has 1 atom stereocenters. The first-order valence-electron chi connectivity index (χ1n) is 2.22. The number of carbonyl (C=O) groups is 1. The molecule has 0 radical (unpaired) electrons. The maximum atomic E-state index is 11.4. The van der Waals surface area contributed by atoms with Crippen molar-refractivity contribution in [2.75, 3.05) is 0 Å². The number of hydrogen-bond acceptors (Lipinski definition) is 3. The third-order valence-electron chi connectivity index (χ3n) is 0.553. The van der Waals surface area contributed by atoms with Crippen LogP contribution in [-0.2, 0) is 9.53 Å². The van der Waals surface area contributed by atoms with Crippen LogP contribution in [0.25, 0.3) is 0 Å². The second kappa shape index (κ2) is 3.19. The van der Waals surface area contributed by atoms with Gasteiger partial charge in [-0.15, -0.1) is 0 Å². The molecule has 0 aliphatic heterocycles. The molecule has 52 valence electrons. The van der Waals surface area contributed by atoms with Crippen LogP contribution >= 0.6 is 0 Å². The van der Waals surface area contributed by atoms with Crippen LogP contribution in [0.2, 0.25) is 0 Å². The second-order valence-corrected chi connectivity index (χ2v) is 1.48. The minimum absolute atomic E-state index is 0.0479. The van der Waals surface area contributed by atoms with Crippen molar-refractivity contribution in [1.29, 1.82) is 0 Å². The Labute approximate surface area is 51.7 Å². The lowest BCUT2D eigenvalue weighted by Gasteiger charge is -2.01. The van der Waals surface area contributed by atoms with Gasteiger partial charge < -0.3 is 9.84 Å². The van der Waals surface area contributed by atoms with Gasteiger partial charge in [-0.3, -0.25) is 0 Å². The highest BCUT2D eigenvalue weighted by molar-refractivity contribution is 5.86. The number of esters is 1. The number of ether oxygens (including phenoxy) is 1. The average molecular weight is 134 g/mol. The zero-order valence-corrected chi connectivity index (χ0v) is 4.93. The normalized spacial score (nSPS) is 12.3. The summed E-state index contributed by atoms with van der Waals surface area (Å²) >= 11 is 0. The van der Waals surface area contributed by atoms with Crippen molar-refractivity contribution in [3.8, 4) is 0 Å². The lowest BCUT2D eigenvalue weighted by atomic mass is 10.4. The van der Waals surface area contributed by atoms with Crippen LogP contribution in [0.4, 0.5) is 4.39 Å². The Kier molecular flexibility index (Phi) is 2.87. The Hall–Kier alpha value is -0.900. The Morgan fingerprint density at radius 2 is 2.33 bits per heavy atom. The summed E-state index contributed by atoms with van der Waals surface area (Å²) in [4.78, 5) is 10.2. The molecule has 0 saturated heterocycles. The van der Waals surface area contributed by atoms with Gasteiger partial charge >= 0.3 is 12.5 Å². The fourth-order valence-corrected chi connectivity index (χ4v) is 0.189. The van der Waals surface area contributed by atoms with Gasteiger partial charge in [-0.2, -0.15) is 4.39 Å². The number of carbonyl (C=O) groups excluding carboxylic acids is 1. The predicted molar refractivity (Wildman–Crippen MR) is 28.0 cm³/mol. The third kappa shape index (κ3) is 3.66. The molecular weight excluding hydrogens is 127 g/mol. The summed E-state index contributed by atoms with van der Waals surface area (Å²) in [5.74, 6) is -0.940. The zero-order valence-electron chi connectivity index (χ0n) is 4.93. The van der Waals surface area contributed by atoms with Gasteiger partial charge in [0.25, 0.3) is 0 Å². The van der Waals surface area contributed by atoms with E-state index < -0.39 is 12.5 Å². The molecule has 3 nitrogen and oxygen atoms in total. The molecule has 0 aliphatic rings. The van der Waals surface area contributed by atoms with E-state index in [2.05, 4.69) is 11.3 Å². The molecule has 0 bridgehead atoms. The topological polar surface area (TPSA) is 46.5 Å². The SMILES string of the molecule is C=C(C)C(=O)OC(O)F. The molecule has 9 heavy (non-hydrogen) atoms. The van der Waals surface area contributed by atoms with E-state index in [1.54, 1.807) is 0 Å². The van der Waals surface area contributed by atoms with E-state index in [1.807, 2.05) is 0 Å². The highest BCUT2D eigenvalue weighted by atomic mass is 19.2. The highest BCUT2D eigenvalue weighted by Gasteiger charge is 2.07. The second-order valence-electron chi connectivity index (χ2n) is 1.48. The standard InChI is InChI=1S/C5H7FO3/c1-3(2)4(7)9-5(6)8/h5,8H,1H2,2H3. The van der Waals surface area contributed by atoms with E-state index in [0.717, 1.165) is 0 Å². The number of rotatable bonds is 2. The lowest BCUT2D eigenvalue weighted by Crippen LogP contribution is -2.12. The molecule has 0 saturated carbocycles. The molecule has 0 aromatic carbocycles. The predicted octanol–water partition coefficient (Wildman–Crippen LogP) is 0.351. The summed E-state index contributed by atoms with van der Waals surface area (Å²) in [6, 6.07) is 0. The largest absolute Gasteiger partial charge is 0.403 e. The molecule has 1 N–H and O–H groups in total. The average Bonchev–Trinajstić information content (AvgIpc) is 1.63. The summed E-state index contributed by atoms with van der Waals surface area (Å²) in [5, 5.41) is 7.82. The molecule has 0 rings (SSSR count). The highest BCUT2D eigenvalue weighted by Crippen LogP contribution is 1.95. The lowest BCUT2D eigenvalue weighted by molar-refractivity contribution is -0.193. The summed E-state index contributed by atoms with van der Waals surface area (Å²) in [7, 11) is 0. The van der Waals surface area contributed by atoms with Crippen LogP contribution in [0.1, 0.15) is 6.92 Å². The monoisotopic (exact) mass is 134 g/mol. The van der Waals surface area contributed by atoms with E-state index in [-0.39, 0.29) is 5.57 Å². The molecular formula is C5H7FO3. The van der Waals surface area contributed by atoms with Crippen molar-refractivity contribution in [1.82, 2.24) is 0 Å². The number of halogens is 1. The van der Waals surface area contributed by atoms with Crippen molar-refractivity contribution in [2.45, 2.75) is 13.5 Å². The zero-order chi connectivity index (χ0) is 7.44. The number of aliphatic hydroxyl groups excluding tert-OH is 1. The third-order valence-corrected chi connectivity index (χ3v) is 0.553. The number of aliphatic hydroxyl groups is 1. The van der Waals surface area contributed by atoms with E-state index in [9.17, 15) is 9.18 Å². The van der Waals surface area contributed by atoms with Gasteiger partial charge in [0.2, 0.25) is 0 Å². The van der Waals surface area contributed by atoms with Gasteiger partial charge in [0.1, 0.15) is 0 Å². The van der Waals surface area contributed by atoms with E-state index >= 15 is 0 Å². The number of hydrogen-bond donors (Lipinski definition) is 1. The van der Waals surface area contributed by atoms with Crippen molar-refractivity contribution in [3.05, 3.63) is 12.2 Å². The van der Waals surface area contributed by atoms with Crippen LogP contribution < -0.4 is 0 Å². The molecule has 0 aliphatic carbocycles. The van der Waals surface area contributed by atoms with Crippen LogP contribution in [0.5, 0.6) is 0 Å². The van der Waals surface area contributed by atoms with Gasteiger partial charge in [0, 0.05) is 5.57 Å². The maximum absolute atomic E-state index is 11.4. The van der Waals surface area contributed by atoms with Crippen LogP contribution in [0.3, 0.4) is 0 Å². The molecule has 0 spiro atoms. The summed E-state index contributed by atoms with van der Waals surface area (Å²) < 4.78 is 15.0. The summed E-state index contributed by atoms with van der Waals surface area (Å²) in [6.07, 6.45) is 0. The Morgan fingerprint density at radius 3 is 2.44 bits per heavy atom. The quantitative estimate of drug-likeness (QED) is 0.337. The van der Waals surface area contributed by atoms with Gasteiger partial charge in [0.05, 0.1) is 0 Å². The first kappa shape index (κ1) is 8.10. The molecule has 0 aromatic heterocycles. The number of alkyl halides is 1. The van der Waals surface area contributed by atoms with Gasteiger partial charge in [-0.05, 0) is 6.92 Å². The van der Waals surface area contributed by atoms with Crippen LogP contribution in [0, 0.1) is 0 Å². The van der Waals surface area contributed by atoms with Crippen LogP contribution in [-0.4, -0.2) is 17.6 Å².